The smallest absolute Gasteiger partial charge is 0.229 e. The Morgan fingerprint density at radius 1 is 0.875 bits per heavy atom. The number of nitrogens with one attached hydrogen (secondary N) is 1. The Hall–Kier alpha value is -2.94. The minimum atomic E-state index is -0.235. The van der Waals surface area contributed by atoms with Crippen molar-refractivity contribution in [1.29, 1.82) is 0 Å². The Kier molecular flexibility index (Phi) is 3.62. The maximum absolute atomic E-state index is 12.8. The van der Waals surface area contributed by atoms with E-state index in [0.717, 1.165) is 6.42 Å². The second kappa shape index (κ2) is 5.93. The largest absolute Gasteiger partial charge is 0.310 e. The van der Waals surface area contributed by atoms with Crippen LogP contribution in [0.3, 0.4) is 0 Å². The number of rotatable bonds is 4. The van der Waals surface area contributed by atoms with Crippen molar-refractivity contribution in [3.8, 4) is 0 Å². The van der Waals surface area contributed by atoms with Crippen LogP contribution in [0.2, 0.25) is 0 Å². The molecule has 4 rings (SSSR count). The van der Waals surface area contributed by atoms with Crippen LogP contribution in [0.4, 0.5) is 5.82 Å². The van der Waals surface area contributed by atoms with E-state index in [1.54, 1.807) is 6.20 Å². The summed E-state index contributed by atoms with van der Waals surface area (Å²) in [6.07, 6.45) is 2.50. The highest BCUT2D eigenvalue weighted by Gasteiger charge is 2.60. The Labute approximate surface area is 141 Å². The first-order valence-corrected chi connectivity index (χ1v) is 8.14. The molecule has 1 aliphatic carbocycles. The van der Waals surface area contributed by atoms with E-state index in [4.69, 9.17) is 0 Å². The van der Waals surface area contributed by atoms with Crippen molar-refractivity contribution in [2.24, 2.45) is 5.92 Å². The van der Waals surface area contributed by atoms with Gasteiger partial charge in [-0.15, -0.1) is 0 Å². The molecule has 24 heavy (non-hydrogen) atoms. The maximum atomic E-state index is 12.8. The van der Waals surface area contributed by atoms with Crippen molar-refractivity contribution in [3.63, 3.8) is 0 Å². The molecular formula is C21H18N2O. The van der Waals surface area contributed by atoms with Gasteiger partial charge in [-0.3, -0.25) is 4.79 Å². The lowest BCUT2D eigenvalue weighted by Gasteiger charge is -2.18. The van der Waals surface area contributed by atoms with Gasteiger partial charge in [0.05, 0.1) is 5.92 Å². The third kappa shape index (κ3) is 2.48. The van der Waals surface area contributed by atoms with E-state index in [2.05, 4.69) is 34.6 Å². The highest BCUT2D eigenvalue weighted by atomic mass is 16.2. The van der Waals surface area contributed by atoms with E-state index < -0.39 is 0 Å². The van der Waals surface area contributed by atoms with Gasteiger partial charge in [-0.25, -0.2) is 4.98 Å². The predicted molar refractivity (Wildman–Crippen MR) is 94.6 cm³/mol. The summed E-state index contributed by atoms with van der Waals surface area (Å²) in [5.74, 6) is 0.551. The zero-order chi connectivity index (χ0) is 16.4. The van der Waals surface area contributed by atoms with Gasteiger partial charge >= 0.3 is 0 Å². The van der Waals surface area contributed by atoms with E-state index in [0.29, 0.717) is 5.82 Å². The molecule has 1 N–H and O–H groups in total. The zero-order valence-corrected chi connectivity index (χ0v) is 13.2. The number of benzene rings is 2. The normalized spacial score (nSPS) is 17.9. The molecule has 3 aromatic rings. The molecule has 1 heterocycles. The number of nitrogens with zero attached hydrogens (tertiary/aromatic N) is 1. The third-order valence-electron chi connectivity index (χ3n) is 4.77. The molecule has 0 aliphatic heterocycles. The summed E-state index contributed by atoms with van der Waals surface area (Å²) in [5.41, 5.74) is 2.15. The molecule has 1 atom stereocenters. The summed E-state index contributed by atoms with van der Waals surface area (Å²) in [6, 6.07) is 26.1. The molecule has 1 unspecified atom stereocenters. The summed E-state index contributed by atoms with van der Waals surface area (Å²) >= 11 is 0. The number of aromatic nitrogens is 1. The van der Waals surface area contributed by atoms with Crippen LogP contribution in [0.15, 0.2) is 85.1 Å². The Morgan fingerprint density at radius 3 is 2.00 bits per heavy atom. The van der Waals surface area contributed by atoms with Crippen LogP contribution >= 0.6 is 0 Å². The van der Waals surface area contributed by atoms with Gasteiger partial charge in [-0.2, -0.15) is 0 Å². The summed E-state index contributed by atoms with van der Waals surface area (Å²) in [4.78, 5) is 17.0. The second-order valence-corrected chi connectivity index (χ2v) is 6.16. The Morgan fingerprint density at radius 2 is 1.46 bits per heavy atom. The highest BCUT2D eigenvalue weighted by molar-refractivity contribution is 5.96. The van der Waals surface area contributed by atoms with E-state index in [-0.39, 0.29) is 17.2 Å². The van der Waals surface area contributed by atoms with Crippen LogP contribution in [0, 0.1) is 5.92 Å². The molecule has 2 aromatic carbocycles. The van der Waals surface area contributed by atoms with Gasteiger partial charge in [0.1, 0.15) is 5.82 Å². The first-order chi connectivity index (χ1) is 11.8. The lowest BCUT2D eigenvalue weighted by atomic mass is 9.85. The highest BCUT2D eigenvalue weighted by Crippen LogP contribution is 2.59. The molecule has 3 nitrogen and oxygen atoms in total. The summed E-state index contributed by atoms with van der Waals surface area (Å²) < 4.78 is 0. The van der Waals surface area contributed by atoms with Crippen LogP contribution < -0.4 is 5.32 Å². The lowest BCUT2D eigenvalue weighted by molar-refractivity contribution is -0.117. The first-order valence-electron chi connectivity index (χ1n) is 8.14. The number of anilines is 1. The van der Waals surface area contributed by atoms with Crippen LogP contribution in [-0.4, -0.2) is 10.9 Å². The summed E-state index contributed by atoms with van der Waals surface area (Å²) in [7, 11) is 0. The second-order valence-electron chi connectivity index (χ2n) is 6.16. The van der Waals surface area contributed by atoms with Gasteiger partial charge in [0.25, 0.3) is 0 Å². The summed E-state index contributed by atoms with van der Waals surface area (Å²) in [6.45, 7) is 0. The minimum Gasteiger partial charge on any atom is -0.310 e. The van der Waals surface area contributed by atoms with Gasteiger partial charge in [0, 0.05) is 11.6 Å². The number of amides is 1. The molecule has 0 spiro atoms. The van der Waals surface area contributed by atoms with Crippen molar-refractivity contribution in [2.45, 2.75) is 11.8 Å². The standard InChI is InChI=1S/C21H18N2O/c24-20(23-19-13-7-8-14-22-19)18-15-21(18,16-9-3-1-4-10-16)17-11-5-2-6-12-17/h1-14,18H,15H2,(H,22,23,24). The zero-order valence-electron chi connectivity index (χ0n) is 13.2. The first kappa shape index (κ1) is 14.6. The van der Waals surface area contributed by atoms with Crippen molar-refractivity contribution in [2.75, 3.05) is 5.32 Å². The van der Waals surface area contributed by atoms with Gasteiger partial charge in [-0.05, 0) is 29.7 Å². The number of hydrogen-bond donors (Lipinski definition) is 1. The molecule has 1 fully saturated rings. The number of carbonyl (C=O) groups is 1. The third-order valence-corrected chi connectivity index (χ3v) is 4.77. The molecule has 1 amide bonds. The Bertz CT molecular complexity index is 792. The van der Waals surface area contributed by atoms with Crippen molar-refractivity contribution in [1.82, 2.24) is 4.98 Å². The lowest BCUT2D eigenvalue weighted by Crippen LogP contribution is -2.22. The fourth-order valence-corrected chi connectivity index (χ4v) is 3.51. The number of carbonyl (C=O) groups excluding carboxylic acids is 1. The van der Waals surface area contributed by atoms with E-state index in [1.165, 1.54) is 11.1 Å². The van der Waals surface area contributed by atoms with Gasteiger partial charge < -0.3 is 5.32 Å². The molecule has 1 saturated carbocycles. The van der Waals surface area contributed by atoms with Crippen LogP contribution in [-0.2, 0) is 10.2 Å². The molecule has 1 aliphatic rings. The van der Waals surface area contributed by atoms with E-state index in [1.807, 2.05) is 54.6 Å². The molecule has 0 bridgehead atoms. The molecule has 3 heteroatoms. The van der Waals surface area contributed by atoms with Crippen molar-refractivity contribution < 1.29 is 4.79 Å². The molecule has 0 saturated heterocycles. The summed E-state index contributed by atoms with van der Waals surface area (Å²) in [5, 5.41) is 2.95. The Balaban J connectivity index is 1.66. The van der Waals surface area contributed by atoms with Crippen molar-refractivity contribution >= 4 is 11.7 Å². The fourth-order valence-electron chi connectivity index (χ4n) is 3.51. The van der Waals surface area contributed by atoms with Crippen LogP contribution in [0.5, 0.6) is 0 Å². The monoisotopic (exact) mass is 314 g/mol. The van der Waals surface area contributed by atoms with Gasteiger partial charge in [0.15, 0.2) is 0 Å². The number of hydrogen-bond acceptors (Lipinski definition) is 2. The predicted octanol–water partition coefficient (Wildman–Crippen LogP) is 4.03. The van der Waals surface area contributed by atoms with Gasteiger partial charge in [-0.1, -0.05) is 66.7 Å². The van der Waals surface area contributed by atoms with E-state index >= 15 is 0 Å². The topological polar surface area (TPSA) is 42.0 Å². The van der Waals surface area contributed by atoms with Crippen LogP contribution in [0.25, 0.3) is 0 Å². The SMILES string of the molecule is O=C(Nc1ccccn1)C1CC1(c1ccccc1)c1ccccc1. The molecule has 1 aromatic heterocycles. The van der Waals surface area contributed by atoms with Gasteiger partial charge in [0.2, 0.25) is 5.91 Å². The minimum absolute atomic E-state index is 0.0291. The maximum Gasteiger partial charge on any atom is 0.229 e. The average Bonchev–Trinajstić information content (AvgIpc) is 3.41. The van der Waals surface area contributed by atoms with Crippen LogP contribution in [0.1, 0.15) is 17.5 Å². The quantitative estimate of drug-likeness (QED) is 0.790. The molecule has 0 radical (unpaired) electrons. The van der Waals surface area contributed by atoms with Crippen molar-refractivity contribution in [3.05, 3.63) is 96.2 Å². The fraction of sp³-hybridized carbons (Fsp3) is 0.143. The molecule has 118 valence electrons. The number of pyridine rings is 1. The average molecular weight is 314 g/mol. The molecular weight excluding hydrogens is 296 g/mol. The van der Waals surface area contributed by atoms with E-state index in [9.17, 15) is 4.79 Å².